The first-order valence-corrected chi connectivity index (χ1v) is 9.51. The van der Waals surface area contributed by atoms with Crippen molar-refractivity contribution in [1.29, 1.82) is 0 Å². The fourth-order valence-corrected chi connectivity index (χ4v) is 3.67. The topological polar surface area (TPSA) is 41.6 Å². The summed E-state index contributed by atoms with van der Waals surface area (Å²) in [5.74, 6) is 0.781. The largest absolute Gasteiger partial charge is 0.493 e. The van der Waals surface area contributed by atoms with Gasteiger partial charge in [0.05, 0.1) is 12.2 Å². The van der Waals surface area contributed by atoms with Crippen LogP contribution in [0.5, 0.6) is 5.75 Å². The molecule has 1 N–H and O–H groups in total. The summed E-state index contributed by atoms with van der Waals surface area (Å²) in [5.41, 5.74) is 3.00. The maximum Gasteiger partial charge on any atom is 0.257 e. The number of fused-ring (bicyclic) bond motifs is 1. The minimum atomic E-state index is -0.700. The van der Waals surface area contributed by atoms with Crippen LogP contribution in [0.2, 0.25) is 0 Å². The van der Waals surface area contributed by atoms with Gasteiger partial charge >= 0.3 is 0 Å². The Kier molecular flexibility index (Phi) is 4.78. The van der Waals surface area contributed by atoms with E-state index in [1.54, 1.807) is 4.90 Å². The van der Waals surface area contributed by atoms with Crippen molar-refractivity contribution in [2.75, 3.05) is 19.0 Å². The standard InChI is InChI=1S/C24H24N2O2/c1-24(25-21-14-8-6-12-19(21)23(27)26(24)2)20-13-7-9-15-22(20)28-17-16-18-10-4-3-5-11-18/h3-15,25H,16-17H2,1-2H3. The minimum absolute atomic E-state index is 0.00376. The number of nitrogens with one attached hydrogen (secondary N) is 1. The van der Waals surface area contributed by atoms with E-state index < -0.39 is 5.66 Å². The molecular weight excluding hydrogens is 348 g/mol. The number of ether oxygens (including phenoxy) is 1. The molecule has 0 aromatic heterocycles. The predicted octanol–water partition coefficient (Wildman–Crippen LogP) is 4.68. The van der Waals surface area contributed by atoms with Crippen molar-refractivity contribution in [1.82, 2.24) is 4.90 Å². The molecule has 0 fully saturated rings. The van der Waals surface area contributed by atoms with E-state index in [1.165, 1.54) is 5.56 Å². The summed E-state index contributed by atoms with van der Waals surface area (Å²) >= 11 is 0. The summed E-state index contributed by atoms with van der Waals surface area (Å²) in [6.07, 6.45) is 0.830. The summed E-state index contributed by atoms with van der Waals surface area (Å²) in [5, 5.41) is 3.54. The Morgan fingerprint density at radius 1 is 0.929 bits per heavy atom. The van der Waals surface area contributed by atoms with E-state index in [2.05, 4.69) is 17.4 Å². The Balaban J connectivity index is 1.61. The number of hydrogen-bond donors (Lipinski definition) is 1. The molecule has 1 aliphatic heterocycles. The molecule has 0 saturated heterocycles. The molecule has 3 aromatic rings. The van der Waals surface area contributed by atoms with Gasteiger partial charge in [0.15, 0.2) is 0 Å². The molecule has 4 rings (SSSR count). The van der Waals surface area contributed by atoms with E-state index in [4.69, 9.17) is 4.74 Å². The van der Waals surface area contributed by atoms with Crippen molar-refractivity contribution in [2.45, 2.75) is 19.0 Å². The molecular formula is C24H24N2O2. The van der Waals surface area contributed by atoms with Crippen molar-refractivity contribution in [3.63, 3.8) is 0 Å². The number of hydrogen-bond acceptors (Lipinski definition) is 3. The van der Waals surface area contributed by atoms with E-state index in [-0.39, 0.29) is 5.91 Å². The number of amides is 1. The highest BCUT2D eigenvalue weighted by Crippen LogP contribution is 2.40. The van der Waals surface area contributed by atoms with E-state index in [1.807, 2.05) is 80.7 Å². The van der Waals surface area contributed by atoms with Crippen LogP contribution in [-0.4, -0.2) is 24.5 Å². The van der Waals surface area contributed by atoms with Crippen molar-refractivity contribution in [3.8, 4) is 5.75 Å². The highest BCUT2D eigenvalue weighted by molar-refractivity contribution is 6.02. The monoisotopic (exact) mass is 372 g/mol. The van der Waals surface area contributed by atoms with Crippen molar-refractivity contribution >= 4 is 11.6 Å². The Labute approximate surface area is 165 Å². The maximum absolute atomic E-state index is 13.0. The van der Waals surface area contributed by atoms with Crippen molar-refractivity contribution < 1.29 is 9.53 Å². The summed E-state index contributed by atoms with van der Waals surface area (Å²) in [4.78, 5) is 14.7. The molecule has 1 aliphatic rings. The van der Waals surface area contributed by atoms with E-state index in [0.29, 0.717) is 12.2 Å². The van der Waals surface area contributed by atoms with Crippen LogP contribution in [0.25, 0.3) is 0 Å². The highest BCUT2D eigenvalue weighted by Gasteiger charge is 2.41. The van der Waals surface area contributed by atoms with Gasteiger partial charge in [-0.05, 0) is 30.7 Å². The lowest BCUT2D eigenvalue weighted by Crippen LogP contribution is -2.53. The van der Waals surface area contributed by atoms with Gasteiger partial charge < -0.3 is 15.0 Å². The zero-order valence-electron chi connectivity index (χ0n) is 16.2. The first kappa shape index (κ1) is 18.1. The second-order valence-corrected chi connectivity index (χ2v) is 7.19. The second-order valence-electron chi connectivity index (χ2n) is 7.19. The number of nitrogens with zero attached hydrogens (tertiary/aromatic N) is 1. The van der Waals surface area contributed by atoms with Gasteiger partial charge in [-0.2, -0.15) is 0 Å². The molecule has 1 unspecified atom stereocenters. The number of para-hydroxylation sites is 2. The maximum atomic E-state index is 13.0. The third-order valence-corrected chi connectivity index (χ3v) is 5.41. The number of carbonyl (C=O) groups excluding carboxylic acids is 1. The Bertz CT molecular complexity index is 987. The fraction of sp³-hybridized carbons (Fsp3) is 0.208. The Hall–Kier alpha value is -3.27. The van der Waals surface area contributed by atoms with Crippen molar-refractivity contribution in [2.24, 2.45) is 0 Å². The molecule has 0 spiro atoms. The van der Waals surface area contributed by atoms with E-state index >= 15 is 0 Å². The number of benzene rings is 3. The average Bonchev–Trinajstić information content (AvgIpc) is 2.73. The first-order chi connectivity index (χ1) is 13.6. The van der Waals surface area contributed by atoms with Crippen LogP contribution >= 0.6 is 0 Å². The number of carbonyl (C=O) groups is 1. The van der Waals surface area contributed by atoms with Crippen LogP contribution in [0.4, 0.5) is 5.69 Å². The fourth-order valence-electron chi connectivity index (χ4n) is 3.67. The molecule has 1 atom stereocenters. The van der Waals surface area contributed by atoms with Gasteiger partial charge in [-0.3, -0.25) is 4.79 Å². The van der Waals surface area contributed by atoms with Crippen LogP contribution in [0.15, 0.2) is 78.9 Å². The molecule has 3 aromatic carbocycles. The summed E-state index contributed by atoms with van der Waals surface area (Å²) in [7, 11) is 1.83. The molecule has 1 heterocycles. The normalized spacial score (nSPS) is 18.4. The third-order valence-electron chi connectivity index (χ3n) is 5.41. The molecule has 4 nitrogen and oxygen atoms in total. The van der Waals surface area contributed by atoms with Crippen LogP contribution in [0.3, 0.4) is 0 Å². The lowest BCUT2D eigenvalue weighted by Gasteiger charge is -2.45. The highest BCUT2D eigenvalue weighted by atomic mass is 16.5. The lowest BCUT2D eigenvalue weighted by atomic mass is 9.93. The molecule has 0 aliphatic carbocycles. The SMILES string of the molecule is CN1C(=O)c2ccccc2NC1(C)c1ccccc1OCCc1ccccc1. The van der Waals surface area contributed by atoms with Gasteiger partial charge in [-0.15, -0.1) is 0 Å². The molecule has 0 saturated carbocycles. The molecule has 1 amide bonds. The molecule has 0 radical (unpaired) electrons. The zero-order chi connectivity index (χ0) is 19.6. The average molecular weight is 372 g/mol. The van der Waals surface area contributed by atoms with Gasteiger partial charge in [0, 0.05) is 24.7 Å². The third kappa shape index (κ3) is 3.22. The van der Waals surface area contributed by atoms with Crippen LogP contribution in [0.1, 0.15) is 28.4 Å². The molecule has 0 bridgehead atoms. The zero-order valence-corrected chi connectivity index (χ0v) is 16.2. The molecule has 4 heteroatoms. The van der Waals surface area contributed by atoms with Gasteiger partial charge in [0.2, 0.25) is 0 Å². The Morgan fingerprint density at radius 2 is 1.61 bits per heavy atom. The van der Waals surface area contributed by atoms with Crippen LogP contribution < -0.4 is 10.1 Å². The van der Waals surface area contributed by atoms with Gasteiger partial charge in [-0.25, -0.2) is 0 Å². The second kappa shape index (κ2) is 7.39. The Morgan fingerprint density at radius 3 is 2.43 bits per heavy atom. The van der Waals surface area contributed by atoms with E-state index in [0.717, 1.165) is 23.4 Å². The van der Waals surface area contributed by atoms with Crippen molar-refractivity contribution in [3.05, 3.63) is 95.6 Å². The number of rotatable bonds is 5. The summed E-state index contributed by atoms with van der Waals surface area (Å²) < 4.78 is 6.15. The minimum Gasteiger partial charge on any atom is -0.493 e. The van der Waals surface area contributed by atoms with Gasteiger partial charge in [-0.1, -0.05) is 60.7 Å². The molecule has 142 valence electrons. The lowest BCUT2D eigenvalue weighted by molar-refractivity contribution is 0.0610. The molecule has 28 heavy (non-hydrogen) atoms. The summed E-state index contributed by atoms with van der Waals surface area (Å²) in [6, 6.07) is 25.8. The smallest absolute Gasteiger partial charge is 0.257 e. The predicted molar refractivity (Wildman–Crippen MR) is 112 cm³/mol. The van der Waals surface area contributed by atoms with E-state index in [9.17, 15) is 4.79 Å². The first-order valence-electron chi connectivity index (χ1n) is 9.51. The van der Waals surface area contributed by atoms with Gasteiger partial charge in [0.25, 0.3) is 5.91 Å². The quantitative estimate of drug-likeness (QED) is 0.707. The van der Waals surface area contributed by atoms with Crippen LogP contribution in [-0.2, 0) is 12.1 Å². The number of anilines is 1. The summed E-state index contributed by atoms with van der Waals surface area (Å²) in [6.45, 7) is 2.59. The van der Waals surface area contributed by atoms with Gasteiger partial charge in [0.1, 0.15) is 11.4 Å². The van der Waals surface area contributed by atoms with Crippen LogP contribution in [0, 0.1) is 0 Å².